The minimum absolute atomic E-state index is 0.526. The van der Waals surface area contributed by atoms with Crippen molar-refractivity contribution in [3.63, 3.8) is 0 Å². The maximum absolute atomic E-state index is 13.1. The van der Waals surface area contributed by atoms with Crippen LogP contribution >= 0.6 is 19.3 Å². The van der Waals surface area contributed by atoms with E-state index in [1.165, 1.54) is 9.56 Å². The van der Waals surface area contributed by atoms with Crippen LogP contribution < -0.4 is 9.95 Å². The lowest BCUT2D eigenvalue weighted by atomic mass is 10.1. The van der Waals surface area contributed by atoms with Gasteiger partial charge in [-0.15, -0.1) is 4.78 Å². The van der Waals surface area contributed by atoms with Crippen molar-refractivity contribution in [1.82, 2.24) is 15.0 Å². The predicted octanol–water partition coefficient (Wildman–Crippen LogP) is 3.76. The van der Waals surface area contributed by atoms with E-state index in [9.17, 15) is 4.57 Å². The van der Waals surface area contributed by atoms with Crippen LogP contribution in [-0.2, 0) is 11.0 Å². The summed E-state index contributed by atoms with van der Waals surface area (Å²) in [5, 5.41) is 5.06. The Labute approximate surface area is 146 Å². The molecule has 2 aromatic rings. The minimum Gasteiger partial charge on any atom is -0.416 e. The monoisotopic (exact) mass is 364 g/mol. The second-order valence-electron chi connectivity index (χ2n) is 5.37. The molecule has 1 aliphatic heterocycles. The number of hydrogen-bond acceptors (Lipinski definition) is 4. The Morgan fingerprint density at radius 3 is 2.42 bits per heavy atom. The molecule has 1 heterocycles. The van der Waals surface area contributed by atoms with Crippen LogP contribution in [-0.4, -0.2) is 29.5 Å². The number of rotatable bonds is 4. The molecule has 2 aromatic carbocycles. The summed E-state index contributed by atoms with van der Waals surface area (Å²) in [6.07, 6.45) is 0.567. The number of hydrazine groups is 1. The van der Waals surface area contributed by atoms with Crippen LogP contribution in [0.2, 0.25) is 5.02 Å². The fourth-order valence-corrected chi connectivity index (χ4v) is 3.92. The lowest BCUT2D eigenvalue weighted by Crippen LogP contribution is -2.46. The number of benzene rings is 2. The van der Waals surface area contributed by atoms with E-state index < -0.39 is 7.67 Å². The maximum Gasteiger partial charge on any atom is 0.455 e. The lowest BCUT2D eigenvalue weighted by Gasteiger charge is -2.37. The van der Waals surface area contributed by atoms with E-state index in [0.717, 1.165) is 5.56 Å². The molecule has 8 heteroatoms. The zero-order valence-corrected chi connectivity index (χ0v) is 15.0. The minimum atomic E-state index is -3.32. The van der Waals surface area contributed by atoms with Gasteiger partial charge in [0.1, 0.15) is 11.6 Å². The summed E-state index contributed by atoms with van der Waals surface area (Å²) in [5.74, 6) is 1.20. The van der Waals surface area contributed by atoms with E-state index in [2.05, 4.69) is 10.5 Å². The zero-order valence-electron chi connectivity index (χ0n) is 13.4. The van der Waals surface area contributed by atoms with Gasteiger partial charge < -0.3 is 4.52 Å². The fraction of sp³-hybridized carbons (Fsp3) is 0.188. The lowest BCUT2D eigenvalue weighted by molar-refractivity contribution is 0.282. The van der Waals surface area contributed by atoms with Gasteiger partial charge in [0.05, 0.1) is 0 Å². The SMILES string of the molecule is CN1N=C(Cc2ccc(Cl)cc2)NN(C)P1(=O)Oc1ccccc1. The Kier molecular flexibility index (Phi) is 4.81. The Bertz CT molecular complexity index is 782. The number of hydrazone groups is 1. The van der Waals surface area contributed by atoms with Crippen LogP contribution in [0.4, 0.5) is 0 Å². The van der Waals surface area contributed by atoms with Crippen molar-refractivity contribution in [2.75, 3.05) is 14.1 Å². The summed E-state index contributed by atoms with van der Waals surface area (Å²) in [6.45, 7) is 0. The first kappa shape index (κ1) is 16.8. The highest BCUT2D eigenvalue weighted by Crippen LogP contribution is 2.52. The Balaban J connectivity index is 1.78. The van der Waals surface area contributed by atoms with E-state index in [4.69, 9.17) is 16.1 Å². The summed E-state index contributed by atoms with van der Waals surface area (Å²) in [6, 6.07) is 16.6. The molecule has 0 aliphatic carbocycles. The number of amidine groups is 1. The van der Waals surface area contributed by atoms with Crippen molar-refractivity contribution in [3.8, 4) is 5.75 Å². The summed E-state index contributed by atoms with van der Waals surface area (Å²) < 4.78 is 21.7. The average molecular weight is 365 g/mol. The average Bonchev–Trinajstić information content (AvgIpc) is 2.56. The number of nitrogens with one attached hydrogen (secondary N) is 1. The quantitative estimate of drug-likeness (QED) is 0.837. The van der Waals surface area contributed by atoms with Gasteiger partial charge in [-0.2, -0.15) is 5.10 Å². The van der Waals surface area contributed by atoms with Gasteiger partial charge in [-0.25, -0.2) is 9.34 Å². The molecule has 126 valence electrons. The molecule has 0 fully saturated rings. The summed E-state index contributed by atoms with van der Waals surface area (Å²) in [7, 11) is -0.00130. The maximum atomic E-state index is 13.1. The third kappa shape index (κ3) is 3.56. The topological polar surface area (TPSA) is 57.2 Å². The summed E-state index contributed by atoms with van der Waals surface area (Å²) in [4.78, 5) is 0. The Morgan fingerprint density at radius 2 is 1.79 bits per heavy atom. The Morgan fingerprint density at radius 1 is 1.12 bits per heavy atom. The molecule has 0 saturated heterocycles. The number of para-hydroxylation sites is 1. The highest BCUT2D eigenvalue weighted by atomic mass is 35.5. The number of hydrogen-bond donors (Lipinski definition) is 1. The van der Waals surface area contributed by atoms with E-state index in [0.29, 0.717) is 23.0 Å². The number of halogens is 1. The van der Waals surface area contributed by atoms with Gasteiger partial charge in [0.25, 0.3) is 0 Å². The van der Waals surface area contributed by atoms with Gasteiger partial charge >= 0.3 is 7.67 Å². The zero-order chi connectivity index (χ0) is 17.2. The van der Waals surface area contributed by atoms with Crippen LogP contribution in [0.25, 0.3) is 0 Å². The van der Waals surface area contributed by atoms with Crippen LogP contribution in [0.1, 0.15) is 5.56 Å². The largest absolute Gasteiger partial charge is 0.455 e. The summed E-state index contributed by atoms with van der Waals surface area (Å²) >= 11 is 5.90. The molecule has 0 spiro atoms. The third-order valence-corrected chi connectivity index (χ3v) is 5.93. The second kappa shape index (κ2) is 6.85. The van der Waals surface area contributed by atoms with Crippen molar-refractivity contribution < 1.29 is 9.09 Å². The van der Waals surface area contributed by atoms with E-state index in [-0.39, 0.29) is 0 Å². The highest BCUT2D eigenvalue weighted by molar-refractivity contribution is 7.54. The molecule has 1 N–H and O–H groups in total. The van der Waals surface area contributed by atoms with Gasteiger partial charge in [-0.1, -0.05) is 41.9 Å². The number of nitrogens with zero attached hydrogens (tertiary/aromatic N) is 3. The molecule has 0 bridgehead atoms. The molecule has 24 heavy (non-hydrogen) atoms. The van der Waals surface area contributed by atoms with Crippen LogP contribution in [0.3, 0.4) is 0 Å². The van der Waals surface area contributed by atoms with Crippen molar-refractivity contribution in [1.29, 1.82) is 0 Å². The molecule has 0 amide bonds. The van der Waals surface area contributed by atoms with Crippen molar-refractivity contribution in [3.05, 3.63) is 65.2 Å². The molecule has 3 rings (SSSR count). The van der Waals surface area contributed by atoms with E-state index in [1.807, 2.05) is 42.5 Å². The summed E-state index contributed by atoms with van der Waals surface area (Å²) in [5.41, 5.74) is 4.09. The standard InChI is InChI=1S/C16H18ClN4O2P/c1-20-18-16(12-13-8-10-14(17)11-9-13)19-21(2)24(20,22)23-15-6-4-3-5-7-15/h3-11H,12H2,1-2H3,(H,18,19). The first-order valence-corrected chi connectivity index (χ1v) is 9.30. The van der Waals surface area contributed by atoms with E-state index in [1.54, 1.807) is 26.2 Å². The Hall–Kier alpha value is -2.01. The molecule has 0 radical (unpaired) electrons. The first-order chi connectivity index (χ1) is 11.5. The molecule has 0 aromatic heterocycles. The second-order valence-corrected chi connectivity index (χ2v) is 8.15. The normalized spacial score (nSPS) is 21.1. The molecule has 6 nitrogen and oxygen atoms in total. The predicted molar refractivity (Wildman–Crippen MR) is 95.9 cm³/mol. The highest BCUT2D eigenvalue weighted by Gasteiger charge is 2.40. The fourth-order valence-electron chi connectivity index (χ4n) is 2.31. The third-order valence-electron chi connectivity index (χ3n) is 3.55. The first-order valence-electron chi connectivity index (χ1n) is 7.39. The van der Waals surface area contributed by atoms with Crippen molar-refractivity contribution >= 4 is 25.1 Å². The van der Waals surface area contributed by atoms with Gasteiger partial charge in [-0.05, 0) is 29.8 Å². The molecule has 1 aliphatic rings. The molecule has 1 atom stereocenters. The van der Waals surface area contributed by atoms with Crippen molar-refractivity contribution in [2.45, 2.75) is 6.42 Å². The van der Waals surface area contributed by atoms with Crippen LogP contribution in [0, 0.1) is 0 Å². The molecular weight excluding hydrogens is 347 g/mol. The van der Waals surface area contributed by atoms with Crippen molar-refractivity contribution in [2.24, 2.45) is 5.10 Å². The van der Waals surface area contributed by atoms with Gasteiger partial charge in [-0.3, -0.25) is 5.43 Å². The molecular formula is C16H18ClN4O2P. The van der Waals surface area contributed by atoms with Gasteiger partial charge in [0.15, 0.2) is 0 Å². The van der Waals surface area contributed by atoms with Crippen LogP contribution in [0.15, 0.2) is 59.7 Å². The molecule has 0 saturated carbocycles. The van der Waals surface area contributed by atoms with Crippen LogP contribution in [0.5, 0.6) is 5.75 Å². The van der Waals surface area contributed by atoms with Gasteiger partial charge in [0, 0.05) is 25.5 Å². The smallest absolute Gasteiger partial charge is 0.416 e. The molecule has 1 unspecified atom stereocenters. The van der Waals surface area contributed by atoms with E-state index >= 15 is 0 Å². The van der Waals surface area contributed by atoms with Gasteiger partial charge in [0.2, 0.25) is 0 Å².